The molecule has 0 saturated heterocycles. The zero-order chi connectivity index (χ0) is 13.5. The molecule has 1 rings (SSSR count). The van der Waals surface area contributed by atoms with Crippen LogP contribution in [0.4, 0.5) is 0 Å². The number of hydrogen-bond donors (Lipinski definition) is 2. The number of aliphatic hydroxyl groups excluding tert-OH is 1. The van der Waals surface area contributed by atoms with Gasteiger partial charge >= 0.3 is 5.97 Å². The normalized spacial score (nSPS) is 23.7. The van der Waals surface area contributed by atoms with Crippen molar-refractivity contribution in [2.24, 2.45) is 11.8 Å². The summed E-state index contributed by atoms with van der Waals surface area (Å²) in [5, 5.41) is 18.0. The maximum atomic E-state index is 12.3. The second-order valence-electron chi connectivity index (χ2n) is 4.83. The molecule has 1 aliphatic carbocycles. The summed E-state index contributed by atoms with van der Waals surface area (Å²) in [5.41, 5.74) is 0. The van der Waals surface area contributed by atoms with Crippen molar-refractivity contribution >= 4 is 11.9 Å². The molecule has 0 aromatic rings. The number of carboxylic acid groups (broad SMARTS) is 1. The van der Waals surface area contributed by atoms with Gasteiger partial charge in [0, 0.05) is 19.7 Å². The topological polar surface area (TPSA) is 77.8 Å². The predicted octanol–water partition coefficient (Wildman–Crippen LogP) is 1.11. The summed E-state index contributed by atoms with van der Waals surface area (Å²) in [4.78, 5) is 25.2. The van der Waals surface area contributed by atoms with Gasteiger partial charge in [0.2, 0.25) is 5.91 Å². The van der Waals surface area contributed by atoms with E-state index >= 15 is 0 Å². The first kappa shape index (κ1) is 15.0. The molecule has 0 aromatic heterocycles. The molecule has 1 amide bonds. The third-order valence-electron chi connectivity index (χ3n) is 3.68. The van der Waals surface area contributed by atoms with E-state index in [1.54, 1.807) is 4.90 Å². The summed E-state index contributed by atoms with van der Waals surface area (Å²) in [6, 6.07) is 0. The van der Waals surface area contributed by atoms with Gasteiger partial charge < -0.3 is 15.1 Å². The van der Waals surface area contributed by atoms with Crippen LogP contribution in [0.25, 0.3) is 0 Å². The number of aliphatic carboxylic acids is 1. The summed E-state index contributed by atoms with van der Waals surface area (Å²) in [6.45, 7) is 3.01. The number of hydrogen-bond acceptors (Lipinski definition) is 3. The number of carbonyl (C=O) groups is 2. The van der Waals surface area contributed by atoms with E-state index in [9.17, 15) is 14.7 Å². The Morgan fingerprint density at radius 2 is 1.83 bits per heavy atom. The molecule has 1 fully saturated rings. The van der Waals surface area contributed by atoms with Crippen LogP contribution in [0.3, 0.4) is 0 Å². The monoisotopic (exact) mass is 257 g/mol. The Hall–Kier alpha value is -1.10. The first-order valence-electron chi connectivity index (χ1n) is 6.74. The van der Waals surface area contributed by atoms with Crippen molar-refractivity contribution in [3.8, 4) is 0 Å². The third kappa shape index (κ3) is 3.70. The molecule has 1 aliphatic rings. The van der Waals surface area contributed by atoms with E-state index in [1.165, 1.54) is 0 Å². The summed E-state index contributed by atoms with van der Waals surface area (Å²) in [6.07, 6.45) is 3.64. The highest BCUT2D eigenvalue weighted by molar-refractivity contribution is 5.85. The van der Waals surface area contributed by atoms with E-state index < -0.39 is 11.9 Å². The Kier molecular flexibility index (Phi) is 6.12. The van der Waals surface area contributed by atoms with Gasteiger partial charge in [-0.3, -0.25) is 9.59 Å². The lowest BCUT2D eigenvalue weighted by atomic mass is 9.78. The standard InChI is InChI=1S/C13H23NO4/c1-2-14(8-5-9-15)12(16)10-6-3-4-7-11(10)13(17)18/h10-11,15H,2-9H2,1H3,(H,17,18). The van der Waals surface area contributed by atoms with Crippen LogP contribution in [0.2, 0.25) is 0 Å². The van der Waals surface area contributed by atoms with Gasteiger partial charge in [-0.05, 0) is 26.2 Å². The Bertz CT molecular complexity index is 293. The largest absolute Gasteiger partial charge is 0.481 e. The van der Waals surface area contributed by atoms with Gasteiger partial charge in [0.25, 0.3) is 0 Å². The van der Waals surface area contributed by atoms with Crippen molar-refractivity contribution in [1.29, 1.82) is 0 Å². The van der Waals surface area contributed by atoms with E-state index in [-0.39, 0.29) is 18.4 Å². The molecule has 0 aliphatic heterocycles. The minimum absolute atomic E-state index is 0.0524. The summed E-state index contributed by atoms with van der Waals surface area (Å²) >= 11 is 0. The number of carbonyl (C=O) groups excluding carboxylic acids is 1. The zero-order valence-corrected chi connectivity index (χ0v) is 11.0. The molecule has 2 N–H and O–H groups in total. The van der Waals surface area contributed by atoms with Crippen LogP contribution in [0.1, 0.15) is 39.0 Å². The van der Waals surface area contributed by atoms with Gasteiger partial charge in [-0.2, -0.15) is 0 Å². The number of nitrogens with zero attached hydrogens (tertiary/aromatic N) is 1. The molecule has 0 aromatic carbocycles. The van der Waals surface area contributed by atoms with Crippen LogP contribution in [0.5, 0.6) is 0 Å². The smallest absolute Gasteiger partial charge is 0.307 e. The van der Waals surface area contributed by atoms with Gasteiger partial charge in [0.15, 0.2) is 0 Å². The van der Waals surface area contributed by atoms with Crippen molar-refractivity contribution in [2.75, 3.05) is 19.7 Å². The average molecular weight is 257 g/mol. The molecular formula is C13H23NO4. The Labute approximate surface area is 108 Å². The van der Waals surface area contributed by atoms with Gasteiger partial charge in [-0.1, -0.05) is 12.8 Å². The number of rotatable bonds is 6. The molecular weight excluding hydrogens is 234 g/mol. The van der Waals surface area contributed by atoms with Crippen LogP contribution >= 0.6 is 0 Å². The lowest BCUT2D eigenvalue weighted by Crippen LogP contribution is -2.43. The van der Waals surface area contributed by atoms with Crippen LogP contribution in [-0.4, -0.2) is 46.7 Å². The summed E-state index contributed by atoms with van der Waals surface area (Å²) in [5.74, 6) is -1.83. The molecule has 2 unspecified atom stereocenters. The first-order chi connectivity index (χ1) is 8.61. The highest BCUT2D eigenvalue weighted by Gasteiger charge is 2.37. The van der Waals surface area contributed by atoms with E-state index in [1.807, 2.05) is 6.92 Å². The second-order valence-corrected chi connectivity index (χ2v) is 4.83. The minimum atomic E-state index is -0.855. The Morgan fingerprint density at radius 1 is 1.22 bits per heavy atom. The lowest BCUT2D eigenvalue weighted by molar-refractivity contribution is -0.152. The summed E-state index contributed by atoms with van der Waals surface area (Å²) < 4.78 is 0. The lowest BCUT2D eigenvalue weighted by Gasteiger charge is -2.32. The van der Waals surface area contributed by atoms with Crippen molar-refractivity contribution < 1.29 is 19.8 Å². The average Bonchev–Trinajstić information content (AvgIpc) is 2.39. The van der Waals surface area contributed by atoms with E-state index in [2.05, 4.69) is 0 Å². The predicted molar refractivity (Wildman–Crippen MR) is 67.0 cm³/mol. The molecule has 0 bridgehead atoms. The molecule has 0 spiro atoms. The van der Waals surface area contributed by atoms with Crippen LogP contribution in [0, 0.1) is 11.8 Å². The maximum Gasteiger partial charge on any atom is 0.307 e. The van der Waals surface area contributed by atoms with E-state index in [0.29, 0.717) is 32.4 Å². The van der Waals surface area contributed by atoms with Crippen LogP contribution < -0.4 is 0 Å². The van der Waals surface area contributed by atoms with Crippen LogP contribution in [0.15, 0.2) is 0 Å². The molecule has 18 heavy (non-hydrogen) atoms. The molecule has 5 heteroatoms. The second kappa shape index (κ2) is 7.36. The fourth-order valence-electron chi connectivity index (χ4n) is 2.64. The van der Waals surface area contributed by atoms with Crippen molar-refractivity contribution in [1.82, 2.24) is 4.90 Å². The molecule has 104 valence electrons. The molecule has 1 saturated carbocycles. The van der Waals surface area contributed by atoms with Gasteiger partial charge in [-0.25, -0.2) is 0 Å². The first-order valence-corrected chi connectivity index (χ1v) is 6.74. The highest BCUT2D eigenvalue weighted by Crippen LogP contribution is 2.31. The molecule has 2 atom stereocenters. The Balaban J connectivity index is 2.68. The number of aliphatic hydroxyl groups is 1. The van der Waals surface area contributed by atoms with Crippen molar-refractivity contribution in [3.63, 3.8) is 0 Å². The van der Waals surface area contributed by atoms with E-state index in [4.69, 9.17) is 5.11 Å². The summed E-state index contributed by atoms with van der Waals surface area (Å²) in [7, 11) is 0. The van der Waals surface area contributed by atoms with Gasteiger partial charge in [0.05, 0.1) is 11.8 Å². The fourth-order valence-corrected chi connectivity index (χ4v) is 2.64. The fraction of sp³-hybridized carbons (Fsp3) is 0.846. The SMILES string of the molecule is CCN(CCCO)C(=O)C1CCCCC1C(=O)O. The molecule has 5 nitrogen and oxygen atoms in total. The van der Waals surface area contributed by atoms with Crippen LogP contribution in [-0.2, 0) is 9.59 Å². The third-order valence-corrected chi connectivity index (χ3v) is 3.68. The molecule has 0 radical (unpaired) electrons. The number of amides is 1. The zero-order valence-electron chi connectivity index (χ0n) is 11.0. The van der Waals surface area contributed by atoms with Crippen molar-refractivity contribution in [3.05, 3.63) is 0 Å². The number of carboxylic acids is 1. The highest BCUT2D eigenvalue weighted by atomic mass is 16.4. The molecule has 0 heterocycles. The van der Waals surface area contributed by atoms with E-state index in [0.717, 1.165) is 12.8 Å². The van der Waals surface area contributed by atoms with Gasteiger partial charge in [0.1, 0.15) is 0 Å². The van der Waals surface area contributed by atoms with Crippen molar-refractivity contribution in [2.45, 2.75) is 39.0 Å². The quantitative estimate of drug-likeness (QED) is 0.747. The minimum Gasteiger partial charge on any atom is -0.481 e. The Morgan fingerprint density at radius 3 is 2.33 bits per heavy atom. The maximum absolute atomic E-state index is 12.3. The van der Waals surface area contributed by atoms with Gasteiger partial charge in [-0.15, -0.1) is 0 Å².